The van der Waals surface area contributed by atoms with Crippen LogP contribution in [0.1, 0.15) is 48.7 Å². The average Bonchev–Trinajstić information content (AvgIpc) is 2.45. The summed E-state index contributed by atoms with van der Waals surface area (Å²) in [4.78, 5) is 9.61. The van der Waals surface area contributed by atoms with Crippen molar-refractivity contribution in [1.82, 2.24) is 4.98 Å². The van der Waals surface area contributed by atoms with Gasteiger partial charge in [-0.2, -0.15) is 0 Å². The minimum Gasteiger partial charge on any atom is -0.278 e. The summed E-state index contributed by atoms with van der Waals surface area (Å²) in [6.45, 7) is 8.68. The van der Waals surface area contributed by atoms with Crippen molar-refractivity contribution < 1.29 is 0 Å². The molecule has 3 rings (SSSR count). The minimum atomic E-state index is -0.0545. The molecule has 0 spiro atoms. The van der Waals surface area contributed by atoms with E-state index in [2.05, 4.69) is 63.0 Å². The first-order chi connectivity index (χ1) is 10.00. The zero-order valence-electron chi connectivity index (χ0n) is 13.3. The van der Waals surface area contributed by atoms with Crippen LogP contribution < -0.4 is 0 Å². The van der Waals surface area contributed by atoms with Gasteiger partial charge < -0.3 is 0 Å². The van der Waals surface area contributed by atoms with Crippen LogP contribution in [0.15, 0.2) is 41.5 Å². The highest BCUT2D eigenvalue weighted by molar-refractivity contribution is 6.14. The molecular weight excluding hydrogens is 256 g/mol. The van der Waals surface area contributed by atoms with Crippen LogP contribution in [0.5, 0.6) is 0 Å². The van der Waals surface area contributed by atoms with Gasteiger partial charge in [-0.05, 0) is 50.8 Å². The quantitative estimate of drug-likeness (QED) is 0.811. The monoisotopic (exact) mass is 278 g/mol. The third kappa shape index (κ3) is 2.63. The van der Waals surface area contributed by atoms with Crippen LogP contribution in [0.2, 0.25) is 0 Å². The summed E-state index contributed by atoms with van der Waals surface area (Å²) in [7, 11) is 0. The Kier molecular flexibility index (Phi) is 3.40. The zero-order valence-corrected chi connectivity index (χ0v) is 13.3. The van der Waals surface area contributed by atoms with Gasteiger partial charge >= 0.3 is 0 Å². The minimum absolute atomic E-state index is 0.0545. The standard InChI is InChI=1S/C19H22N2/c1-5-17-13(2)10-15(12-20-17)18-16-9-7-6-8-14(16)11-19(3,4)21-18/h6-10,12H,5,11H2,1-4H3. The molecule has 1 aromatic heterocycles. The predicted molar refractivity (Wildman–Crippen MR) is 88.2 cm³/mol. The number of pyridine rings is 1. The summed E-state index contributed by atoms with van der Waals surface area (Å²) < 4.78 is 0. The molecule has 0 unspecified atom stereocenters. The smallest absolute Gasteiger partial charge is 0.0744 e. The number of nitrogens with zero attached hydrogens (tertiary/aromatic N) is 2. The fourth-order valence-electron chi connectivity index (χ4n) is 3.10. The molecule has 1 aliphatic rings. The third-order valence-corrected chi connectivity index (χ3v) is 4.11. The molecule has 0 amide bonds. The second-order valence-electron chi connectivity index (χ2n) is 6.45. The van der Waals surface area contributed by atoms with Gasteiger partial charge in [0.25, 0.3) is 0 Å². The van der Waals surface area contributed by atoms with Crippen molar-refractivity contribution in [3.8, 4) is 0 Å². The molecule has 2 aromatic rings. The van der Waals surface area contributed by atoms with E-state index < -0.39 is 0 Å². The maximum Gasteiger partial charge on any atom is 0.0744 e. The molecule has 0 fully saturated rings. The molecule has 108 valence electrons. The van der Waals surface area contributed by atoms with Crippen LogP contribution in [0, 0.1) is 6.92 Å². The lowest BCUT2D eigenvalue weighted by Crippen LogP contribution is -2.29. The molecule has 0 radical (unpaired) electrons. The first kappa shape index (κ1) is 14.0. The van der Waals surface area contributed by atoms with Crippen LogP contribution in [0.3, 0.4) is 0 Å². The lowest BCUT2D eigenvalue weighted by molar-refractivity contribution is 0.513. The summed E-state index contributed by atoms with van der Waals surface area (Å²) in [5.41, 5.74) is 7.21. The normalized spacial score (nSPS) is 16.3. The predicted octanol–water partition coefficient (Wildman–Crippen LogP) is 4.12. The summed E-state index contributed by atoms with van der Waals surface area (Å²) >= 11 is 0. The van der Waals surface area contributed by atoms with Crippen LogP contribution >= 0.6 is 0 Å². The van der Waals surface area contributed by atoms with E-state index in [9.17, 15) is 0 Å². The SMILES string of the molecule is CCc1ncc(C2=NC(C)(C)Cc3ccccc32)cc1C. The van der Waals surface area contributed by atoms with Crippen molar-refractivity contribution in [2.45, 2.75) is 46.1 Å². The van der Waals surface area contributed by atoms with E-state index >= 15 is 0 Å². The number of aromatic nitrogens is 1. The lowest BCUT2D eigenvalue weighted by atomic mass is 9.85. The van der Waals surface area contributed by atoms with Gasteiger partial charge in [0.1, 0.15) is 0 Å². The molecular formula is C19H22N2. The molecule has 0 aliphatic carbocycles. The number of aliphatic imine (C=N–C) groups is 1. The van der Waals surface area contributed by atoms with Gasteiger partial charge in [0.05, 0.1) is 11.3 Å². The van der Waals surface area contributed by atoms with Crippen LogP contribution in [-0.2, 0) is 12.8 Å². The molecule has 0 saturated heterocycles. The Morgan fingerprint density at radius 2 is 1.95 bits per heavy atom. The summed E-state index contributed by atoms with van der Waals surface area (Å²) in [6, 6.07) is 10.8. The van der Waals surface area contributed by atoms with Crippen molar-refractivity contribution in [2.75, 3.05) is 0 Å². The first-order valence-corrected chi connectivity index (χ1v) is 7.64. The van der Waals surface area contributed by atoms with E-state index in [0.717, 1.165) is 24.1 Å². The Morgan fingerprint density at radius 3 is 2.67 bits per heavy atom. The molecule has 0 bridgehead atoms. The van der Waals surface area contributed by atoms with Gasteiger partial charge in [-0.3, -0.25) is 9.98 Å². The molecule has 2 nitrogen and oxygen atoms in total. The second kappa shape index (κ2) is 5.10. The number of hydrogen-bond acceptors (Lipinski definition) is 2. The molecule has 2 heteroatoms. The van der Waals surface area contributed by atoms with Crippen LogP contribution in [0.4, 0.5) is 0 Å². The highest BCUT2D eigenvalue weighted by Crippen LogP contribution is 2.29. The fourth-order valence-corrected chi connectivity index (χ4v) is 3.10. The Bertz CT molecular complexity index is 711. The Balaban J connectivity index is 2.15. The van der Waals surface area contributed by atoms with Gasteiger partial charge in [-0.1, -0.05) is 31.2 Å². The molecule has 2 heterocycles. The molecule has 1 aromatic carbocycles. The second-order valence-corrected chi connectivity index (χ2v) is 6.45. The highest BCUT2D eigenvalue weighted by Gasteiger charge is 2.27. The lowest BCUT2D eigenvalue weighted by Gasteiger charge is -2.29. The fraction of sp³-hybridized carbons (Fsp3) is 0.368. The zero-order chi connectivity index (χ0) is 15.0. The van der Waals surface area contributed by atoms with Crippen molar-refractivity contribution in [1.29, 1.82) is 0 Å². The van der Waals surface area contributed by atoms with Gasteiger partial charge in [-0.15, -0.1) is 0 Å². The van der Waals surface area contributed by atoms with Gasteiger partial charge in [-0.25, -0.2) is 0 Å². The summed E-state index contributed by atoms with van der Waals surface area (Å²) in [5, 5.41) is 0. The molecule has 0 N–H and O–H groups in total. The van der Waals surface area contributed by atoms with E-state index in [1.807, 2.05) is 6.20 Å². The third-order valence-electron chi connectivity index (χ3n) is 4.11. The molecule has 21 heavy (non-hydrogen) atoms. The maximum absolute atomic E-state index is 5.00. The molecule has 1 aliphatic heterocycles. The van der Waals surface area contributed by atoms with Crippen molar-refractivity contribution in [3.63, 3.8) is 0 Å². The Morgan fingerprint density at radius 1 is 1.19 bits per heavy atom. The number of benzene rings is 1. The summed E-state index contributed by atoms with van der Waals surface area (Å²) in [5.74, 6) is 0. The van der Waals surface area contributed by atoms with Gasteiger partial charge in [0, 0.05) is 23.0 Å². The summed E-state index contributed by atoms with van der Waals surface area (Å²) in [6.07, 6.45) is 3.94. The number of fused-ring (bicyclic) bond motifs is 1. The number of aryl methyl sites for hydroxylation is 2. The Labute approximate surface area is 127 Å². The van der Waals surface area contributed by atoms with E-state index in [-0.39, 0.29) is 5.54 Å². The van der Waals surface area contributed by atoms with E-state index in [4.69, 9.17) is 4.99 Å². The topological polar surface area (TPSA) is 25.2 Å². The van der Waals surface area contributed by atoms with Gasteiger partial charge in [0.15, 0.2) is 0 Å². The van der Waals surface area contributed by atoms with Crippen molar-refractivity contribution in [2.24, 2.45) is 4.99 Å². The van der Waals surface area contributed by atoms with Crippen molar-refractivity contribution >= 4 is 5.71 Å². The van der Waals surface area contributed by atoms with E-state index in [0.29, 0.717) is 0 Å². The number of hydrogen-bond donors (Lipinski definition) is 0. The highest BCUT2D eigenvalue weighted by atomic mass is 14.9. The largest absolute Gasteiger partial charge is 0.278 e. The maximum atomic E-state index is 5.00. The number of rotatable bonds is 2. The van der Waals surface area contributed by atoms with E-state index in [1.54, 1.807) is 0 Å². The first-order valence-electron chi connectivity index (χ1n) is 7.64. The van der Waals surface area contributed by atoms with Gasteiger partial charge in [0.2, 0.25) is 0 Å². The van der Waals surface area contributed by atoms with Crippen LogP contribution in [0.25, 0.3) is 0 Å². The average molecular weight is 278 g/mol. The van der Waals surface area contributed by atoms with Crippen LogP contribution in [-0.4, -0.2) is 16.2 Å². The molecule has 0 atom stereocenters. The Hall–Kier alpha value is -1.96. The van der Waals surface area contributed by atoms with Crippen molar-refractivity contribution in [3.05, 3.63) is 64.5 Å². The molecule has 0 saturated carbocycles. The van der Waals surface area contributed by atoms with E-state index in [1.165, 1.54) is 22.4 Å².